The topological polar surface area (TPSA) is 234 Å². The lowest BCUT2D eigenvalue weighted by Crippen LogP contribution is -2.47. The van der Waals surface area contributed by atoms with Crippen LogP contribution in [0.4, 0.5) is 0 Å². The molecule has 18 heteroatoms. The number of nitrogens with one attached hydrogen (secondary N) is 5. The van der Waals surface area contributed by atoms with Crippen molar-refractivity contribution < 1.29 is 8.94 Å². The largest absolute Gasteiger partial charge is 0.443 e. The molecule has 8 rings (SSSR count). The fourth-order valence-electron chi connectivity index (χ4n) is 5.92. The first-order valence-corrected chi connectivity index (χ1v) is 14.2. The van der Waals surface area contributed by atoms with Gasteiger partial charge in [0.1, 0.15) is 34.0 Å². The van der Waals surface area contributed by atoms with Crippen LogP contribution in [0.1, 0.15) is 17.4 Å². The first-order valence-electron chi connectivity index (χ1n) is 11.7. The lowest BCUT2D eigenvalue weighted by atomic mass is 10.3. The Morgan fingerprint density at radius 1 is 0.850 bits per heavy atom. The van der Waals surface area contributed by atoms with Crippen molar-refractivity contribution in [1.82, 2.24) is 71.3 Å². The van der Waals surface area contributed by atoms with Gasteiger partial charge in [-0.3, -0.25) is 5.10 Å². The van der Waals surface area contributed by atoms with E-state index in [2.05, 4.69) is 61.2 Å². The summed E-state index contributed by atoms with van der Waals surface area (Å²) in [7, 11) is -5.29. The summed E-state index contributed by atoms with van der Waals surface area (Å²) in [5.74, 6) is 0.352. The Kier molecular flexibility index (Phi) is 4.06. The van der Waals surface area contributed by atoms with E-state index >= 15 is 0 Å². The number of nitrogens with zero attached hydrogens (tertiary/aromatic N) is 10. The van der Waals surface area contributed by atoms with Crippen LogP contribution in [0.15, 0.2) is 108 Å². The van der Waals surface area contributed by atoms with E-state index in [4.69, 9.17) is 24.0 Å². The van der Waals surface area contributed by atoms with Crippen LogP contribution in [0, 0.1) is 0 Å². The third-order valence-corrected chi connectivity index (χ3v) is 15.1. The van der Waals surface area contributed by atoms with Gasteiger partial charge in [-0.25, -0.2) is 15.0 Å². The molecule has 0 saturated carbocycles. The fourth-order valence-corrected chi connectivity index (χ4v) is 13.9. The maximum Gasteiger partial charge on any atom is 0.246 e. The molecular weight excluding hydrogens is 538 g/mol. The Morgan fingerprint density at radius 3 is 2.50 bits per heavy atom. The SMILES string of the molecule is c1c[nH]c(S2(c3cn[nH]n3)(c3ccn[nH]3)(c3ncc[nH]3)C(c3ccon3)=NC(c3ncco3)=C2c2nn[nH]n2)c1. The molecule has 1 aliphatic rings. The molecule has 17 nitrogen and oxygen atoms in total. The Balaban J connectivity index is 1.82. The second-order valence-electron chi connectivity index (χ2n) is 8.74. The van der Waals surface area contributed by atoms with E-state index in [1.54, 1.807) is 37.1 Å². The van der Waals surface area contributed by atoms with Crippen molar-refractivity contribution >= 4 is 23.9 Å². The number of aliphatic imine (C=N–C) groups is 1. The normalized spacial score (nSPS) is 19.1. The van der Waals surface area contributed by atoms with E-state index in [0.717, 1.165) is 0 Å². The zero-order valence-corrected chi connectivity index (χ0v) is 20.9. The molecule has 0 fully saturated rings. The van der Waals surface area contributed by atoms with E-state index in [-0.39, 0.29) is 17.4 Å². The van der Waals surface area contributed by atoms with Crippen molar-refractivity contribution in [3.63, 3.8) is 0 Å². The van der Waals surface area contributed by atoms with Gasteiger partial charge in [-0.1, -0.05) is 13.5 Å². The number of tetrazole rings is 1. The van der Waals surface area contributed by atoms with Crippen molar-refractivity contribution in [3.8, 4) is 0 Å². The second-order valence-corrected chi connectivity index (χ2v) is 14.3. The Hall–Kier alpha value is -5.91. The summed E-state index contributed by atoms with van der Waals surface area (Å²) < 4.78 is 11.3. The van der Waals surface area contributed by atoms with Crippen LogP contribution in [-0.2, 0) is 0 Å². The number of hydrogen-bond donors (Lipinski definition) is 5. The molecule has 198 valence electrons. The molecule has 0 unspecified atom stereocenters. The molecule has 0 atom stereocenters. The number of aromatic amines is 5. The minimum Gasteiger partial charge on any atom is -0.443 e. The number of H-pyrrole nitrogens is 5. The average Bonchev–Trinajstić information content (AvgIpc) is 3.84. The monoisotopic (exact) mass is 555 g/mol. The number of hydrogen-bond acceptors (Lipinski definition) is 12. The Labute approximate surface area is 220 Å². The molecule has 1 aliphatic heterocycles. The van der Waals surface area contributed by atoms with Crippen molar-refractivity contribution in [3.05, 3.63) is 91.4 Å². The molecule has 0 radical (unpaired) electrons. The quantitative estimate of drug-likeness (QED) is 0.191. The van der Waals surface area contributed by atoms with Crippen LogP contribution in [0.2, 0.25) is 0 Å². The molecule has 0 saturated heterocycles. The zero-order valence-electron chi connectivity index (χ0n) is 20.1. The van der Waals surface area contributed by atoms with Gasteiger partial charge >= 0.3 is 0 Å². The van der Waals surface area contributed by atoms with Crippen LogP contribution in [-0.4, -0.2) is 76.4 Å². The maximum atomic E-state index is 5.87. The molecule has 0 bridgehead atoms. The highest BCUT2D eigenvalue weighted by Crippen LogP contribution is 3.12. The molecule has 7 aromatic rings. The molecule has 0 amide bonds. The summed E-state index contributed by atoms with van der Waals surface area (Å²) in [5.41, 5.74) is 0.655. The van der Waals surface area contributed by atoms with E-state index in [1.165, 1.54) is 18.7 Å². The van der Waals surface area contributed by atoms with Crippen molar-refractivity contribution in [2.45, 2.75) is 20.2 Å². The van der Waals surface area contributed by atoms with Gasteiger partial charge in [0.2, 0.25) is 11.7 Å². The van der Waals surface area contributed by atoms with E-state index in [1.807, 2.05) is 18.2 Å². The fraction of sp³-hybridized carbons (Fsp3) is 0. The predicted octanol–water partition coefficient (Wildman–Crippen LogP) is 2.47. The van der Waals surface area contributed by atoms with Crippen LogP contribution < -0.4 is 0 Å². The third kappa shape index (κ3) is 2.05. The molecule has 7 aromatic heterocycles. The maximum absolute atomic E-state index is 5.87. The Bertz CT molecular complexity index is 1810. The van der Waals surface area contributed by atoms with Gasteiger partial charge in [-0.05, 0) is 23.4 Å². The van der Waals surface area contributed by atoms with Crippen molar-refractivity contribution in [2.24, 2.45) is 4.99 Å². The summed E-state index contributed by atoms with van der Waals surface area (Å²) in [6.07, 6.45) is 12.8. The number of imidazole rings is 1. The Morgan fingerprint density at radius 2 is 1.85 bits per heavy atom. The number of aromatic nitrogens is 14. The summed E-state index contributed by atoms with van der Waals surface area (Å²) in [6.45, 7) is 0. The van der Waals surface area contributed by atoms with Gasteiger partial charge < -0.3 is 18.9 Å². The van der Waals surface area contributed by atoms with Gasteiger partial charge in [0.05, 0.1) is 27.4 Å². The second kappa shape index (κ2) is 7.35. The van der Waals surface area contributed by atoms with Gasteiger partial charge in [0.15, 0.2) is 5.16 Å². The molecule has 0 aliphatic carbocycles. The van der Waals surface area contributed by atoms with Crippen molar-refractivity contribution in [2.75, 3.05) is 0 Å². The minimum atomic E-state index is -5.29. The van der Waals surface area contributed by atoms with Gasteiger partial charge in [0.25, 0.3) is 0 Å². The summed E-state index contributed by atoms with van der Waals surface area (Å²) in [5, 5.41) is 41.7. The van der Waals surface area contributed by atoms with Gasteiger partial charge in [0, 0.05) is 30.9 Å². The smallest absolute Gasteiger partial charge is 0.246 e. The van der Waals surface area contributed by atoms with Crippen LogP contribution in [0.3, 0.4) is 0 Å². The first-order chi connectivity index (χ1) is 19.8. The predicted molar refractivity (Wildman–Crippen MR) is 136 cm³/mol. The van der Waals surface area contributed by atoms with Crippen LogP contribution >= 0.6 is 8.29 Å². The summed E-state index contributed by atoms with van der Waals surface area (Å²) in [6, 6.07) is 7.30. The van der Waals surface area contributed by atoms with Crippen molar-refractivity contribution in [1.29, 1.82) is 0 Å². The number of rotatable bonds is 7. The molecule has 8 heterocycles. The molecule has 5 N–H and O–H groups in total. The highest BCUT2D eigenvalue weighted by molar-refractivity contribution is 8.80. The summed E-state index contributed by atoms with van der Waals surface area (Å²) >= 11 is 0. The molecule has 40 heavy (non-hydrogen) atoms. The van der Waals surface area contributed by atoms with Crippen LogP contribution in [0.5, 0.6) is 0 Å². The highest BCUT2D eigenvalue weighted by atomic mass is 32.4. The standard InChI is InChI=1S/C22H17N15O2S/c1-2-14(23-5-1)40(15-3-6-27-30-15,16-12-28-35-31-16,22-25-7-8-26-22)18(19-32-36-37-33-19)17(20-24-9-11-38-20)29-21(40)13-4-10-39-34-13/h1-12,23H,(H,25,26)(H,27,30)(H,28,31,35)(H,32,33,36,37). The molecule has 0 spiro atoms. The number of oxazole rings is 1. The highest BCUT2D eigenvalue weighted by Gasteiger charge is 2.83. The summed E-state index contributed by atoms with van der Waals surface area (Å²) in [4.78, 5) is 22.0. The van der Waals surface area contributed by atoms with Crippen LogP contribution in [0.25, 0.3) is 10.6 Å². The van der Waals surface area contributed by atoms with E-state index < -0.39 is 8.29 Å². The lowest BCUT2D eigenvalue weighted by molar-refractivity contribution is 0.418. The zero-order chi connectivity index (χ0) is 26.7. The molecule has 0 aromatic carbocycles. The average molecular weight is 556 g/mol. The van der Waals surface area contributed by atoms with E-state index in [9.17, 15) is 0 Å². The molecular formula is C22H17N15O2S. The first kappa shape index (κ1) is 22.1. The van der Waals surface area contributed by atoms with Gasteiger partial charge in [-0.15, -0.1) is 10.2 Å². The third-order valence-electron chi connectivity index (χ3n) is 7.28. The minimum absolute atomic E-state index is 0.167. The van der Waals surface area contributed by atoms with E-state index in [0.29, 0.717) is 35.9 Å². The van der Waals surface area contributed by atoms with Gasteiger partial charge in [-0.2, -0.15) is 25.7 Å². The lowest BCUT2D eigenvalue weighted by Gasteiger charge is -2.71.